The van der Waals surface area contributed by atoms with Gasteiger partial charge in [0, 0.05) is 31.4 Å². The van der Waals surface area contributed by atoms with Crippen LogP contribution in [0.2, 0.25) is 0 Å². The number of carbonyl (C=O) groups is 1. The third kappa shape index (κ3) is 4.22. The smallest absolute Gasteiger partial charge is 0.301 e. The number of hydrogen-bond acceptors (Lipinski definition) is 4. The van der Waals surface area contributed by atoms with Crippen molar-refractivity contribution in [3.05, 3.63) is 71.6 Å². The van der Waals surface area contributed by atoms with Gasteiger partial charge in [-0.2, -0.15) is 13.2 Å². The Morgan fingerprint density at radius 1 is 1.12 bits per heavy atom. The number of aromatic nitrogens is 1. The average molecular weight is 361 g/mol. The molecule has 0 radical (unpaired) electrons. The van der Waals surface area contributed by atoms with Crippen LogP contribution in [0.15, 0.2) is 60.4 Å². The number of rotatable bonds is 4. The Balaban J connectivity index is 1.70. The predicted molar refractivity (Wildman–Crippen MR) is 92.3 cm³/mol. The summed E-state index contributed by atoms with van der Waals surface area (Å²) in [7, 11) is 1.65. The molecule has 1 atom stereocenters. The molecule has 0 amide bonds. The largest absolute Gasteiger partial charge is 0.417 e. The van der Waals surface area contributed by atoms with Crippen molar-refractivity contribution >= 4 is 11.6 Å². The van der Waals surface area contributed by atoms with Crippen molar-refractivity contribution in [1.82, 2.24) is 10.4 Å². The summed E-state index contributed by atoms with van der Waals surface area (Å²) in [6, 6.07) is 12.0. The van der Waals surface area contributed by atoms with Crippen molar-refractivity contribution in [3.63, 3.8) is 0 Å². The highest BCUT2D eigenvalue weighted by molar-refractivity contribution is 5.92. The Morgan fingerprint density at radius 2 is 1.85 bits per heavy atom. The molecule has 0 fully saturated rings. The van der Waals surface area contributed by atoms with Gasteiger partial charge in [0.15, 0.2) is 5.78 Å². The lowest BCUT2D eigenvalue weighted by Crippen LogP contribution is -2.36. The number of allylic oxidation sites excluding steroid dienone is 2. The van der Waals surface area contributed by atoms with Crippen LogP contribution in [-0.2, 0) is 11.0 Å². The van der Waals surface area contributed by atoms with Crippen molar-refractivity contribution in [2.75, 3.05) is 12.1 Å². The molecule has 0 unspecified atom stereocenters. The lowest BCUT2D eigenvalue weighted by Gasteiger charge is -2.28. The van der Waals surface area contributed by atoms with Gasteiger partial charge < -0.3 is 5.43 Å². The van der Waals surface area contributed by atoms with E-state index in [1.54, 1.807) is 13.1 Å². The van der Waals surface area contributed by atoms with Gasteiger partial charge in [-0.3, -0.25) is 9.80 Å². The second-order valence-corrected chi connectivity index (χ2v) is 6.23. The summed E-state index contributed by atoms with van der Waals surface area (Å²) in [6.07, 6.45) is -1.00. The van der Waals surface area contributed by atoms with Crippen LogP contribution in [0, 0.1) is 0 Å². The lowest BCUT2D eigenvalue weighted by molar-refractivity contribution is -0.137. The highest BCUT2D eigenvalue weighted by atomic mass is 19.4. The van der Waals surface area contributed by atoms with Crippen LogP contribution >= 0.6 is 0 Å². The highest BCUT2D eigenvalue weighted by Crippen LogP contribution is 2.31. The Labute approximate surface area is 149 Å². The minimum Gasteiger partial charge on any atom is -0.301 e. The molecule has 3 rings (SSSR count). The van der Waals surface area contributed by atoms with Gasteiger partial charge in [-0.25, -0.2) is 4.98 Å². The molecule has 1 aromatic heterocycles. The molecule has 0 aliphatic heterocycles. The summed E-state index contributed by atoms with van der Waals surface area (Å²) in [5, 5.41) is 1.51. The number of alkyl halides is 3. The molecule has 2 aromatic rings. The van der Waals surface area contributed by atoms with Crippen LogP contribution in [-0.4, -0.2) is 17.8 Å². The van der Waals surface area contributed by atoms with E-state index in [9.17, 15) is 18.0 Å². The topological polar surface area (TPSA) is 45.2 Å². The fraction of sp³-hybridized carbons (Fsp3) is 0.263. The van der Waals surface area contributed by atoms with Crippen molar-refractivity contribution < 1.29 is 18.0 Å². The van der Waals surface area contributed by atoms with Gasteiger partial charge in [0.2, 0.25) is 0 Å². The van der Waals surface area contributed by atoms with Gasteiger partial charge in [-0.1, -0.05) is 30.3 Å². The Kier molecular flexibility index (Phi) is 4.97. The van der Waals surface area contributed by atoms with Gasteiger partial charge in [-0.15, -0.1) is 0 Å². The summed E-state index contributed by atoms with van der Waals surface area (Å²) in [5.74, 6) is 0.416. The SMILES string of the molecule is CN(NC1=CC(=O)C[C@H](c2ccccc2)C1)c1ccc(C(F)(F)F)cn1. The van der Waals surface area contributed by atoms with E-state index >= 15 is 0 Å². The van der Waals surface area contributed by atoms with Crippen LogP contribution in [0.5, 0.6) is 0 Å². The van der Waals surface area contributed by atoms with E-state index in [0.717, 1.165) is 17.8 Å². The van der Waals surface area contributed by atoms with E-state index in [2.05, 4.69) is 10.4 Å². The maximum Gasteiger partial charge on any atom is 0.417 e. The Hall–Kier alpha value is -2.83. The van der Waals surface area contributed by atoms with Gasteiger partial charge in [0.25, 0.3) is 0 Å². The van der Waals surface area contributed by atoms with Crippen molar-refractivity contribution in [2.45, 2.75) is 24.9 Å². The lowest BCUT2D eigenvalue weighted by atomic mass is 9.85. The number of halogens is 3. The minimum atomic E-state index is -4.42. The fourth-order valence-corrected chi connectivity index (χ4v) is 2.96. The van der Waals surface area contributed by atoms with E-state index in [0.29, 0.717) is 24.4 Å². The van der Waals surface area contributed by atoms with Crippen LogP contribution in [0.25, 0.3) is 0 Å². The molecular formula is C19H18F3N3O. The van der Waals surface area contributed by atoms with Gasteiger partial charge in [-0.05, 0) is 30.0 Å². The second-order valence-electron chi connectivity index (χ2n) is 6.23. The number of carbonyl (C=O) groups excluding carboxylic acids is 1. The second kappa shape index (κ2) is 7.19. The number of pyridine rings is 1. The molecule has 136 valence electrons. The number of nitrogens with one attached hydrogen (secondary N) is 1. The highest BCUT2D eigenvalue weighted by Gasteiger charge is 2.31. The summed E-state index contributed by atoms with van der Waals surface area (Å²) in [4.78, 5) is 15.9. The predicted octanol–water partition coefficient (Wildman–Crippen LogP) is 4.07. The van der Waals surface area contributed by atoms with Crippen LogP contribution in [0.3, 0.4) is 0 Å². The number of ketones is 1. The summed E-state index contributed by atoms with van der Waals surface area (Å²) >= 11 is 0. The molecule has 1 aromatic carbocycles. The van der Waals surface area contributed by atoms with Gasteiger partial charge >= 0.3 is 6.18 Å². The molecule has 26 heavy (non-hydrogen) atoms. The van der Waals surface area contributed by atoms with Crippen LogP contribution in [0.1, 0.15) is 29.9 Å². The average Bonchev–Trinajstić information content (AvgIpc) is 2.61. The maximum absolute atomic E-state index is 12.6. The number of hydrazine groups is 1. The molecule has 1 aliphatic carbocycles. The van der Waals surface area contributed by atoms with Crippen molar-refractivity contribution in [2.24, 2.45) is 0 Å². The van der Waals surface area contributed by atoms with E-state index in [1.807, 2.05) is 30.3 Å². The minimum absolute atomic E-state index is 0.0152. The van der Waals surface area contributed by atoms with E-state index in [4.69, 9.17) is 0 Å². The van der Waals surface area contributed by atoms with Gasteiger partial charge in [0.1, 0.15) is 5.82 Å². The number of nitrogens with zero attached hydrogens (tertiary/aromatic N) is 2. The molecule has 0 bridgehead atoms. The Bertz CT molecular complexity index is 801. The van der Waals surface area contributed by atoms with Crippen LogP contribution < -0.4 is 10.4 Å². The molecule has 1 N–H and O–H groups in total. The van der Waals surface area contributed by atoms with E-state index in [-0.39, 0.29) is 11.7 Å². The molecule has 4 nitrogen and oxygen atoms in total. The number of anilines is 1. The normalized spacial score (nSPS) is 17.6. The van der Waals surface area contributed by atoms with Crippen molar-refractivity contribution in [3.8, 4) is 0 Å². The molecule has 0 spiro atoms. The maximum atomic E-state index is 12.6. The van der Waals surface area contributed by atoms with E-state index < -0.39 is 11.7 Å². The zero-order valence-electron chi connectivity index (χ0n) is 14.1. The van der Waals surface area contributed by atoms with Crippen molar-refractivity contribution in [1.29, 1.82) is 0 Å². The number of benzene rings is 1. The molecule has 7 heteroatoms. The van der Waals surface area contributed by atoms with Gasteiger partial charge in [0.05, 0.1) is 5.56 Å². The first kappa shape index (κ1) is 18.0. The monoisotopic (exact) mass is 361 g/mol. The Morgan fingerprint density at radius 3 is 2.46 bits per heavy atom. The third-order valence-corrected chi connectivity index (χ3v) is 4.25. The quantitative estimate of drug-likeness (QED) is 0.834. The first-order valence-corrected chi connectivity index (χ1v) is 8.15. The molecule has 0 saturated carbocycles. The zero-order chi connectivity index (χ0) is 18.7. The first-order chi connectivity index (χ1) is 12.3. The standard InChI is InChI=1S/C19H18F3N3O/c1-25(18-8-7-15(12-23-18)19(20,21)22)24-16-9-14(10-17(26)11-16)13-5-3-2-4-6-13/h2-8,11-12,14,24H,9-10H2,1H3/t14-/m1/s1. The molecule has 1 heterocycles. The summed E-state index contributed by atoms with van der Waals surface area (Å²) < 4.78 is 37.9. The van der Waals surface area contributed by atoms with Crippen LogP contribution in [0.4, 0.5) is 19.0 Å². The zero-order valence-corrected chi connectivity index (χ0v) is 14.1. The van der Waals surface area contributed by atoms with E-state index in [1.165, 1.54) is 11.1 Å². The first-order valence-electron chi connectivity index (χ1n) is 8.15. The molecular weight excluding hydrogens is 343 g/mol. The molecule has 0 saturated heterocycles. The third-order valence-electron chi connectivity index (χ3n) is 4.25. The summed E-state index contributed by atoms with van der Waals surface area (Å²) in [6.45, 7) is 0. The number of hydrogen-bond donors (Lipinski definition) is 1. The fourth-order valence-electron chi connectivity index (χ4n) is 2.96. The molecule has 1 aliphatic rings. The summed E-state index contributed by atoms with van der Waals surface area (Å²) in [5.41, 5.74) is 4.05.